The van der Waals surface area contributed by atoms with Gasteiger partial charge in [0.05, 0.1) is 18.8 Å². The zero-order valence-corrected chi connectivity index (χ0v) is 12.6. The highest BCUT2D eigenvalue weighted by molar-refractivity contribution is 5.95. The van der Waals surface area contributed by atoms with Crippen molar-refractivity contribution in [3.8, 4) is 0 Å². The number of aliphatic hydroxyl groups is 1. The van der Waals surface area contributed by atoms with E-state index in [0.717, 1.165) is 18.5 Å². The van der Waals surface area contributed by atoms with Gasteiger partial charge >= 0.3 is 0 Å². The lowest BCUT2D eigenvalue weighted by Gasteiger charge is -2.36. The first-order valence-corrected chi connectivity index (χ1v) is 7.35. The quantitative estimate of drug-likeness (QED) is 0.858. The number of rotatable bonds is 4. The molecule has 2 unspecified atom stereocenters. The van der Waals surface area contributed by atoms with Crippen LogP contribution in [0.1, 0.15) is 36.3 Å². The van der Waals surface area contributed by atoms with Crippen molar-refractivity contribution in [3.63, 3.8) is 0 Å². The summed E-state index contributed by atoms with van der Waals surface area (Å²) in [6.07, 6.45) is 1.33. The number of carbonyl (C=O) groups excluding carboxylic acids is 1. The van der Waals surface area contributed by atoms with Crippen LogP contribution in [0.4, 0.5) is 5.82 Å². The number of aromatic nitrogens is 1. The number of pyridine rings is 1. The summed E-state index contributed by atoms with van der Waals surface area (Å²) in [5.74, 6) is 0.277. The number of nitrogens with two attached hydrogens (primary N) is 1. The molecule has 1 saturated heterocycles. The fourth-order valence-corrected chi connectivity index (χ4v) is 2.61. The van der Waals surface area contributed by atoms with Crippen LogP contribution in [0.15, 0.2) is 12.1 Å². The van der Waals surface area contributed by atoms with Gasteiger partial charge in [0.2, 0.25) is 0 Å². The Labute approximate surface area is 124 Å². The predicted molar refractivity (Wildman–Crippen MR) is 80.0 cm³/mol. The standard InChI is InChI=1S/C15H23N3O3/c1-3-4-12-5-11(6-14(16)17-12)15(20)18-7-10(2)21-13(8-18)9-19/h5-6,10,13,19H,3-4,7-9H2,1-2H3,(H2,16,17). The van der Waals surface area contributed by atoms with Gasteiger partial charge in [0.25, 0.3) is 5.91 Å². The lowest BCUT2D eigenvalue weighted by Crippen LogP contribution is -2.50. The van der Waals surface area contributed by atoms with E-state index < -0.39 is 0 Å². The summed E-state index contributed by atoms with van der Waals surface area (Å²) < 4.78 is 5.56. The molecule has 21 heavy (non-hydrogen) atoms. The summed E-state index contributed by atoms with van der Waals surface area (Å²) in [7, 11) is 0. The zero-order valence-electron chi connectivity index (χ0n) is 12.6. The molecule has 0 radical (unpaired) electrons. The minimum absolute atomic E-state index is 0.0879. The number of carbonyl (C=O) groups is 1. The van der Waals surface area contributed by atoms with E-state index in [1.807, 2.05) is 6.92 Å². The van der Waals surface area contributed by atoms with Crippen LogP contribution in [0.5, 0.6) is 0 Å². The molecule has 2 rings (SSSR count). The highest BCUT2D eigenvalue weighted by Gasteiger charge is 2.28. The van der Waals surface area contributed by atoms with Gasteiger partial charge < -0.3 is 20.5 Å². The van der Waals surface area contributed by atoms with Crippen LogP contribution in [0.2, 0.25) is 0 Å². The molecule has 0 bridgehead atoms. The average Bonchev–Trinajstić information content (AvgIpc) is 2.45. The van der Waals surface area contributed by atoms with E-state index in [1.165, 1.54) is 0 Å². The molecule has 0 spiro atoms. The normalized spacial score (nSPS) is 22.3. The van der Waals surface area contributed by atoms with Gasteiger partial charge in [-0.3, -0.25) is 4.79 Å². The highest BCUT2D eigenvalue weighted by Crippen LogP contribution is 2.17. The van der Waals surface area contributed by atoms with Gasteiger partial charge in [-0.15, -0.1) is 0 Å². The number of aryl methyl sites for hydroxylation is 1. The Hall–Kier alpha value is -1.66. The molecular formula is C15H23N3O3. The van der Waals surface area contributed by atoms with Gasteiger partial charge in [-0.2, -0.15) is 0 Å². The largest absolute Gasteiger partial charge is 0.394 e. The maximum Gasteiger partial charge on any atom is 0.254 e. The highest BCUT2D eigenvalue weighted by atomic mass is 16.5. The van der Waals surface area contributed by atoms with Gasteiger partial charge in [0.15, 0.2) is 0 Å². The zero-order chi connectivity index (χ0) is 15.4. The third-order valence-electron chi connectivity index (χ3n) is 3.47. The molecule has 6 heteroatoms. The maximum absolute atomic E-state index is 12.6. The lowest BCUT2D eigenvalue weighted by molar-refractivity contribution is -0.0858. The molecule has 2 heterocycles. The Morgan fingerprint density at radius 3 is 2.95 bits per heavy atom. The first-order valence-electron chi connectivity index (χ1n) is 7.35. The molecule has 1 aliphatic rings. The van der Waals surface area contributed by atoms with Crippen LogP contribution in [-0.4, -0.2) is 52.8 Å². The Kier molecular flexibility index (Phi) is 5.14. The minimum atomic E-state index is -0.327. The summed E-state index contributed by atoms with van der Waals surface area (Å²) in [4.78, 5) is 18.6. The SMILES string of the molecule is CCCc1cc(C(=O)N2CC(C)OC(CO)C2)cc(N)n1. The van der Waals surface area contributed by atoms with E-state index >= 15 is 0 Å². The van der Waals surface area contributed by atoms with E-state index in [1.54, 1.807) is 17.0 Å². The third kappa shape index (κ3) is 3.92. The molecule has 1 aromatic rings. The second-order valence-electron chi connectivity index (χ2n) is 5.48. The second-order valence-corrected chi connectivity index (χ2v) is 5.48. The van der Waals surface area contributed by atoms with E-state index in [9.17, 15) is 9.90 Å². The molecule has 1 fully saturated rings. The molecule has 116 valence electrons. The van der Waals surface area contributed by atoms with Gasteiger partial charge in [0, 0.05) is 24.3 Å². The van der Waals surface area contributed by atoms with E-state index in [-0.39, 0.29) is 24.7 Å². The molecule has 0 aliphatic carbocycles. The Morgan fingerprint density at radius 2 is 2.29 bits per heavy atom. The summed E-state index contributed by atoms with van der Waals surface area (Å²) >= 11 is 0. The van der Waals surface area contributed by atoms with E-state index in [4.69, 9.17) is 10.5 Å². The van der Waals surface area contributed by atoms with E-state index in [2.05, 4.69) is 11.9 Å². The number of morpholine rings is 1. The van der Waals surface area contributed by atoms with Crippen molar-refractivity contribution >= 4 is 11.7 Å². The summed E-state index contributed by atoms with van der Waals surface area (Å²) in [6, 6.07) is 3.41. The topological polar surface area (TPSA) is 88.7 Å². The molecule has 1 aromatic heterocycles. The van der Waals surface area contributed by atoms with Gasteiger partial charge in [-0.25, -0.2) is 4.98 Å². The fourth-order valence-electron chi connectivity index (χ4n) is 2.61. The average molecular weight is 293 g/mol. The molecule has 1 amide bonds. The van der Waals surface area contributed by atoms with Crippen molar-refractivity contribution < 1.29 is 14.6 Å². The van der Waals surface area contributed by atoms with Crippen molar-refractivity contribution in [2.75, 3.05) is 25.4 Å². The second kappa shape index (κ2) is 6.87. The van der Waals surface area contributed by atoms with Crippen molar-refractivity contribution in [3.05, 3.63) is 23.4 Å². The van der Waals surface area contributed by atoms with Gasteiger partial charge in [-0.1, -0.05) is 13.3 Å². The molecule has 3 N–H and O–H groups in total. The monoisotopic (exact) mass is 293 g/mol. The molecule has 0 saturated carbocycles. The summed E-state index contributed by atoms with van der Waals surface area (Å²) in [5, 5.41) is 9.24. The minimum Gasteiger partial charge on any atom is -0.394 e. The van der Waals surface area contributed by atoms with Crippen LogP contribution < -0.4 is 5.73 Å². The molecular weight excluding hydrogens is 270 g/mol. The number of aliphatic hydroxyl groups excluding tert-OH is 1. The number of amides is 1. The van der Waals surface area contributed by atoms with Crippen LogP contribution in [0.25, 0.3) is 0 Å². The van der Waals surface area contributed by atoms with Crippen molar-refractivity contribution in [1.82, 2.24) is 9.88 Å². The molecule has 1 aliphatic heterocycles. The molecule has 0 aromatic carbocycles. The number of ether oxygens (including phenoxy) is 1. The summed E-state index contributed by atoms with van der Waals surface area (Å²) in [6.45, 7) is 4.77. The van der Waals surface area contributed by atoms with Crippen LogP contribution in [-0.2, 0) is 11.2 Å². The lowest BCUT2D eigenvalue weighted by atomic mass is 10.1. The Morgan fingerprint density at radius 1 is 1.52 bits per heavy atom. The number of anilines is 1. The maximum atomic E-state index is 12.6. The molecule has 2 atom stereocenters. The van der Waals surface area contributed by atoms with Crippen LogP contribution in [0.3, 0.4) is 0 Å². The number of nitrogens with zero attached hydrogens (tertiary/aromatic N) is 2. The van der Waals surface area contributed by atoms with Crippen molar-refractivity contribution in [2.24, 2.45) is 0 Å². The third-order valence-corrected chi connectivity index (χ3v) is 3.47. The number of hydrogen-bond donors (Lipinski definition) is 2. The summed E-state index contributed by atoms with van der Waals surface area (Å²) in [5.41, 5.74) is 7.18. The van der Waals surface area contributed by atoms with Crippen LogP contribution in [0, 0.1) is 0 Å². The van der Waals surface area contributed by atoms with Gasteiger partial charge in [-0.05, 0) is 25.5 Å². The van der Waals surface area contributed by atoms with E-state index in [0.29, 0.717) is 24.5 Å². The number of hydrogen-bond acceptors (Lipinski definition) is 5. The van der Waals surface area contributed by atoms with Gasteiger partial charge in [0.1, 0.15) is 5.82 Å². The number of nitrogen functional groups attached to an aromatic ring is 1. The van der Waals surface area contributed by atoms with Crippen LogP contribution >= 0.6 is 0 Å². The first-order chi connectivity index (χ1) is 10.0. The Bertz CT molecular complexity index is 507. The Balaban J connectivity index is 2.18. The van der Waals surface area contributed by atoms with Crippen molar-refractivity contribution in [1.29, 1.82) is 0 Å². The predicted octanol–water partition coefficient (Wildman–Crippen LogP) is 0.838. The molecule has 6 nitrogen and oxygen atoms in total. The smallest absolute Gasteiger partial charge is 0.254 e. The first kappa shape index (κ1) is 15.7. The fraction of sp³-hybridized carbons (Fsp3) is 0.600. The van der Waals surface area contributed by atoms with Crippen molar-refractivity contribution in [2.45, 2.75) is 38.9 Å².